The second-order valence-corrected chi connectivity index (χ2v) is 5.87. The van der Waals surface area contributed by atoms with Gasteiger partial charge >= 0.3 is 0 Å². The monoisotopic (exact) mass is 267 g/mol. The molecule has 1 saturated heterocycles. The van der Waals surface area contributed by atoms with Crippen LogP contribution in [0.15, 0.2) is 0 Å². The van der Waals surface area contributed by atoms with Crippen LogP contribution in [0, 0.1) is 5.92 Å². The van der Waals surface area contributed by atoms with Gasteiger partial charge in [0.1, 0.15) is 0 Å². The third-order valence-corrected chi connectivity index (χ3v) is 4.32. The van der Waals surface area contributed by atoms with E-state index in [-0.39, 0.29) is 23.8 Å². The van der Waals surface area contributed by atoms with E-state index in [2.05, 4.69) is 0 Å². The molecule has 108 valence electrons. The zero-order valence-corrected chi connectivity index (χ0v) is 11.8. The molecule has 2 aliphatic rings. The molecule has 2 N–H and O–H groups in total. The summed E-state index contributed by atoms with van der Waals surface area (Å²) in [6.45, 7) is 2.14. The molecule has 1 aliphatic heterocycles. The van der Waals surface area contributed by atoms with Crippen LogP contribution in [0.1, 0.15) is 38.5 Å². The zero-order chi connectivity index (χ0) is 13.8. The first-order chi connectivity index (χ1) is 9.08. The summed E-state index contributed by atoms with van der Waals surface area (Å²) in [7, 11) is 1.84. The number of likely N-dealkylation sites (N-methyl/N-ethyl adjacent to an activating group) is 1. The van der Waals surface area contributed by atoms with Crippen LogP contribution in [0.5, 0.6) is 0 Å². The van der Waals surface area contributed by atoms with Gasteiger partial charge in [0.25, 0.3) is 0 Å². The van der Waals surface area contributed by atoms with E-state index < -0.39 is 0 Å². The topological polar surface area (TPSA) is 66.6 Å². The van der Waals surface area contributed by atoms with Crippen molar-refractivity contribution in [2.75, 3.05) is 26.7 Å². The molecule has 1 saturated carbocycles. The molecule has 5 heteroatoms. The number of hydrogen-bond donors (Lipinski definition) is 1. The lowest BCUT2D eigenvalue weighted by atomic mass is 9.85. The fraction of sp³-hybridized carbons (Fsp3) is 0.857. The van der Waals surface area contributed by atoms with Crippen LogP contribution < -0.4 is 5.73 Å². The van der Waals surface area contributed by atoms with Crippen molar-refractivity contribution in [1.82, 2.24) is 9.80 Å². The summed E-state index contributed by atoms with van der Waals surface area (Å²) >= 11 is 0. The second-order valence-electron chi connectivity index (χ2n) is 5.87. The van der Waals surface area contributed by atoms with Gasteiger partial charge in [0, 0.05) is 45.1 Å². The van der Waals surface area contributed by atoms with Gasteiger partial charge in [-0.3, -0.25) is 9.59 Å². The predicted molar refractivity (Wildman–Crippen MR) is 73.4 cm³/mol. The molecule has 2 rings (SSSR count). The summed E-state index contributed by atoms with van der Waals surface area (Å²) in [5, 5.41) is 0. The summed E-state index contributed by atoms with van der Waals surface area (Å²) < 4.78 is 0. The molecule has 0 unspecified atom stereocenters. The lowest BCUT2D eigenvalue weighted by molar-refractivity contribution is -0.136. The largest absolute Gasteiger partial charge is 0.344 e. The normalized spacial score (nSPS) is 27.7. The Bertz CT molecular complexity index is 346. The van der Waals surface area contributed by atoms with E-state index in [1.54, 1.807) is 4.90 Å². The lowest BCUT2D eigenvalue weighted by Crippen LogP contribution is -2.42. The number of amides is 2. The molecule has 5 nitrogen and oxygen atoms in total. The SMILES string of the molecule is CN(CCN1CCCC1=O)C(=O)[C@H]1CCC[C@H](N)C1. The first-order valence-corrected chi connectivity index (χ1v) is 7.36. The highest BCUT2D eigenvalue weighted by Gasteiger charge is 2.28. The number of hydrogen-bond acceptors (Lipinski definition) is 3. The quantitative estimate of drug-likeness (QED) is 0.810. The van der Waals surface area contributed by atoms with Crippen molar-refractivity contribution in [2.45, 2.75) is 44.6 Å². The van der Waals surface area contributed by atoms with Crippen LogP contribution in [0.3, 0.4) is 0 Å². The molecule has 1 heterocycles. The molecule has 1 aliphatic carbocycles. The minimum Gasteiger partial charge on any atom is -0.344 e. The standard InChI is InChI=1S/C14H25N3O2/c1-16(8-9-17-7-3-6-13(17)18)14(19)11-4-2-5-12(15)10-11/h11-12H,2-10,15H2,1H3/t11-,12-/m0/s1. The average Bonchev–Trinajstić information content (AvgIpc) is 2.80. The number of carbonyl (C=O) groups is 2. The van der Waals surface area contributed by atoms with E-state index in [4.69, 9.17) is 5.73 Å². The molecule has 2 atom stereocenters. The van der Waals surface area contributed by atoms with Crippen LogP contribution in [-0.4, -0.2) is 54.3 Å². The highest BCUT2D eigenvalue weighted by Crippen LogP contribution is 2.24. The number of nitrogens with zero attached hydrogens (tertiary/aromatic N) is 2. The first kappa shape index (κ1) is 14.3. The number of rotatable bonds is 4. The Morgan fingerprint density at radius 3 is 2.84 bits per heavy atom. The number of carbonyl (C=O) groups excluding carboxylic acids is 2. The Morgan fingerprint density at radius 1 is 1.42 bits per heavy atom. The summed E-state index contributed by atoms with van der Waals surface area (Å²) in [5.74, 6) is 0.505. The molecular formula is C14H25N3O2. The molecule has 2 fully saturated rings. The highest BCUT2D eigenvalue weighted by atomic mass is 16.2. The van der Waals surface area contributed by atoms with Gasteiger partial charge in [0.05, 0.1) is 0 Å². The van der Waals surface area contributed by atoms with E-state index in [1.165, 1.54) is 0 Å². The van der Waals surface area contributed by atoms with Crippen molar-refractivity contribution in [3.8, 4) is 0 Å². The fourth-order valence-electron chi connectivity index (χ4n) is 3.08. The summed E-state index contributed by atoms with van der Waals surface area (Å²) in [6.07, 6.45) is 5.47. The molecule has 0 spiro atoms. The molecule has 0 aromatic heterocycles. The Morgan fingerprint density at radius 2 is 2.21 bits per heavy atom. The minimum absolute atomic E-state index is 0.0861. The van der Waals surface area contributed by atoms with Gasteiger partial charge in [-0.25, -0.2) is 0 Å². The van der Waals surface area contributed by atoms with E-state index in [0.717, 1.165) is 38.6 Å². The van der Waals surface area contributed by atoms with Crippen molar-refractivity contribution < 1.29 is 9.59 Å². The smallest absolute Gasteiger partial charge is 0.225 e. The van der Waals surface area contributed by atoms with Crippen LogP contribution in [0.2, 0.25) is 0 Å². The van der Waals surface area contributed by atoms with E-state index in [1.807, 2.05) is 11.9 Å². The number of likely N-dealkylation sites (tertiary alicyclic amines) is 1. The second kappa shape index (κ2) is 6.37. The Hall–Kier alpha value is -1.10. The van der Waals surface area contributed by atoms with Crippen LogP contribution in [0.4, 0.5) is 0 Å². The molecule has 0 bridgehead atoms. The van der Waals surface area contributed by atoms with E-state index >= 15 is 0 Å². The molecule has 19 heavy (non-hydrogen) atoms. The summed E-state index contributed by atoms with van der Waals surface area (Å²) in [5.41, 5.74) is 5.93. The predicted octanol–water partition coefficient (Wildman–Crippen LogP) is 0.585. The van der Waals surface area contributed by atoms with E-state index in [0.29, 0.717) is 19.5 Å². The number of nitrogens with two attached hydrogens (primary N) is 1. The fourth-order valence-corrected chi connectivity index (χ4v) is 3.08. The van der Waals surface area contributed by atoms with Gasteiger partial charge in [-0.05, 0) is 25.7 Å². The van der Waals surface area contributed by atoms with E-state index in [9.17, 15) is 9.59 Å². The van der Waals surface area contributed by atoms with Crippen LogP contribution in [-0.2, 0) is 9.59 Å². The van der Waals surface area contributed by atoms with Gasteiger partial charge in [0.2, 0.25) is 11.8 Å². The minimum atomic E-state index is 0.0861. The molecule has 0 aromatic rings. The van der Waals surface area contributed by atoms with Gasteiger partial charge < -0.3 is 15.5 Å². The van der Waals surface area contributed by atoms with Gasteiger partial charge in [0.15, 0.2) is 0 Å². The molecule has 2 amide bonds. The third kappa shape index (κ3) is 3.69. The van der Waals surface area contributed by atoms with Gasteiger partial charge in [-0.2, -0.15) is 0 Å². The maximum atomic E-state index is 12.3. The van der Waals surface area contributed by atoms with Crippen LogP contribution >= 0.6 is 0 Å². The van der Waals surface area contributed by atoms with Crippen LogP contribution in [0.25, 0.3) is 0 Å². The highest BCUT2D eigenvalue weighted by molar-refractivity contribution is 5.79. The van der Waals surface area contributed by atoms with Crippen molar-refractivity contribution in [3.05, 3.63) is 0 Å². The van der Waals surface area contributed by atoms with Crippen molar-refractivity contribution >= 4 is 11.8 Å². The lowest BCUT2D eigenvalue weighted by Gasteiger charge is -2.30. The van der Waals surface area contributed by atoms with Crippen molar-refractivity contribution in [3.63, 3.8) is 0 Å². The van der Waals surface area contributed by atoms with Gasteiger partial charge in [-0.15, -0.1) is 0 Å². The molecule has 0 radical (unpaired) electrons. The Balaban J connectivity index is 1.77. The van der Waals surface area contributed by atoms with Gasteiger partial charge in [-0.1, -0.05) is 6.42 Å². The maximum Gasteiger partial charge on any atom is 0.225 e. The maximum absolute atomic E-state index is 12.3. The zero-order valence-electron chi connectivity index (χ0n) is 11.8. The first-order valence-electron chi connectivity index (χ1n) is 7.36. The Kier molecular flexibility index (Phi) is 4.80. The third-order valence-electron chi connectivity index (χ3n) is 4.32. The average molecular weight is 267 g/mol. The van der Waals surface area contributed by atoms with Crippen molar-refractivity contribution in [1.29, 1.82) is 0 Å². The molecular weight excluding hydrogens is 242 g/mol. The van der Waals surface area contributed by atoms with Crippen molar-refractivity contribution in [2.24, 2.45) is 11.7 Å². The molecule has 0 aromatic carbocycles. The summed E-state index contributed by atoms with van der Waals surface area (Å²) in [4.78, 5) is 27.4. The Labute approximate surface area is 115 Å². The summed E-state index contributed by atoms with van der Waals surface area (Å²) in [6, 6.07) is 0.177.